The fourth-order valence-electron chi connectivity index (χ4n) is 2.30. The standard InChI is InChI=1S/C14H21N3O2/c1-10(2)17-8-7-12(14(17)18)15-9-11-5-4-6-13(16-11)19-3/h4-6,10,12,15H,7-9H2,1-3H3/t12-/m0/s1. The molecule has 1 N–H and O–H groups in total. The van der Waals surface area contributed by atoms with Crippen LogP contribution in [0, 0.1) is 0 Å². The van der Waals surface area contributed by atoms with E-state index in [9.17, 15) is 4.79 Å². The zero-order chi connectivity index (χ0) is 13.8. The number of rotatable bonds is 5. The highest BCUT2D eigenvalue weighted by Gasteiger charge is 2.32. The van der Waals surface area contributed by atoms with Crippen LogP contribution in [0.25, 0.3) is 0 Å². The summed E-state index contributed by atoms with van der Waals surface area (Å²) in [5.41, 5.74) is 0.884. The summed E-state index contributed by atoms with van der Waals surface area (Å²) in [6.07, 6.45) is 0.862. The first-order valence-corrected chi connectivity index (χ1v) is 6.65. The number of nitrogens with zero attached hydrogens (tertiary/aromatic N) is 2. The largest absolute Gasteiger partial charge is 0.481 e. The number of nitrogens with one attached hydrogen (secondary N) is 1. The van der Waals surface area contributed by atoms with E-state index in [2.05, 4.69) is 10.3 Å². The molecule has 1 amide bonds. The van der Waals surface area contributed by atoms with Crippen molar-refractivity contribution in [2.24, 2.45) is 0 Å². The van der Waals surface area contributed by atoms with Gasteiger partial charge in [-0.25, -0.2) is 4.98 Å². The molecule has 1 fully saturated rings. The summed E-state index contributed by atoms with van der Waals surface area (Å²) in [5.74, 6) is 0.791. The SMILES string of the molecule is COc1cccc(CN[C@H]2CCN(C(C)C)C2=O)n1. The Morgan fingerprint density at radius 1 is 1.53 bits per heavy atom. The van der Waals surface area contributed by atoms with E-state index in [0.717, 1.165) is 18.7 Å². The number of methoxy groups -OCH3 is 1. The predicted octanol–water partition coefficient (Wildman–Crippen LogP) is 1.19. The number of hydrogen-bond acceptors (Lipinski definition) is 4. The maximum Gasteiger partial charge on any atom is 0.240 e. The fraction of sp³-hybridized carbons (Fsp3) is 0.571. The van der Waals surface area contributed by atoms with Gasteiger partial charge in [-0.15, -0.1) is 0 Å². The molecule has 104 valence electrons. The van der Waals surface area contributed by atoms with Crippen LogP contribution < -0.4 is 10.1 Å². The molecule has 1 aromatic rings. The first-order valence-electron chi connectivity index (χ1n) is 6.65. The van der Waals surface area contributed by atoms with Gasteiger partial charge < -0.3 is 15.0 Å². The Kier molecular flexibility index (Phi) is 4.37. The molecule has 1 atom stereocenters. The summed E-state index contributed by atoms with van der Waals surface area (Å²) < 4.78 is 5.08. The molecule has 0 saturated carbocycles. The molecule has 2 rings (SSSR count). The number of carbonyl (C=O) groups is 1. The number of hydrogen-bond donors (Lipinski definition) is 1. The van der Waals surface area contributed by atoms with Gasteiger partial charge in [-0.2, -0.15) is 0 Å². The van der Waals surface area contributed by atoms with E-state index < -0.39 is 0 Å². The summed E-state index contributed by atoms with van der Waals surface area (Å²) in [4.78, 5) is 18.3. The number of ether oxygens (including phenoxy) is 1. The van der Waals surface area contributed by atoms with Crippen LogP contribution in [0.5, 0.6) is 5.88 Å². The van der Waals surface area contributed by atoms with Crippen LogP contribution in [0.2, 0.25) is 0 Å². The molecule has 1 saturated heterocycles. The van der Waals surface area contributed by atoms with Gasteiger partial charge in [0.05, 0.1) is 18.8 Å². The number of likely N-dealkylation sites (tertiary alicyclic amines) is 1. The van der Waals surface area contributed by atoms with Gasteiger partial charge in [0.2, 0.25) is 11.8 Å². The summed E-state index contributed by atoms with van der Waals surface area (Å²) in [7, 11) is 1.60. The maximum absolute atomic E-state index is 12.1. The lowest BCUT2D eigenvalue weighted by Gasteiger charge is -2.21. The summed E-state index contributed by atoms with van der Waals surface area (Å²) in [6, 6.07) is 5.82. The smallest absolute Gasteiger partial charge is 0.240 e. The highest BCUT2D eigenvalue weighted by Crippen LogP contribution is 2.15. The zero-order valence-electron chi connectivity index (χ0n) is 11.7. The van der Waals surface area contributed by atoms with E-state index in [1.807, 2.05) is 36.9 Å². The molecule has 1 aliphatic heterocycles. The molecule has 2 heterocycles. The van der Waals surface area contributed by atoms with Crippen LogP contribution in [-0.2, 0) is 11.3 Å². The van der Waals surface area contributed by atoms with Crippen molar-refractivity contribution in [3.63, 3.8) is 0 Å². The summed E-state index contributed by atoms with van der Waals surface area (Å²) in [6.45, 7) is 5.51. The molecule has 5 nitrogen and oxygen atoms in total. The van der Waals surface area contributed by atoms with Crippen LogP contribution in [0.15, 0.2) is 18.2 Å². The van der Waals surface area contributed by atoms with E-state index in [1.54, 1.807) is 7.11 Å². The molecule has 0 radical (unpaired) electrons. The Hall–Kier alpha value is -1.62. The van der Waals surface area contributed by atoms with E-state index in [-0.39, 0.29) is 18.0 Å². The number of pyridine rings is 1. The van der Waals surface area contributed by atoms with Gasteiger partial charge in [-0.05, 0) is 26.3 Å². The third-order valence-corrected chi connectivity index (χ3v) is 3.38. The maximum atomic E-state index is 12.1. The molecule has 0 aliphatic carbocycles. The summed E-state index contributed by atoms with van der Waals surface area (Å²) >= 11 is 0. The van der Waals surface area contributed by atoms with Gasteiger partial charge in [0.25, 0.3) is 0 Å². The minimum atomic E-state index is -0.0876. The van der Waals surface area contributed by atoms with Crippen LogP contribution in [-0.4, -0.2) is 41.5 Å². The topological polar surface area (TPSA) is 54.5 Å². The first-order chi connectivity index (χ1) is 9.11. The average molecular weight is 263 g/mol. The van der Waals surface area contributed by atoms with E-state index in [1.165, 1.54) is 0 Å². The van der Waals surface area contributed by atoms with Crippen LogP contribution in [0.3, 0.4) is 0 Å². The second kappa shape index (κ2) is 6.02. The Morgan fingerprint density at radius 3 is 2.95 bits per heavy atom. The molecular formula is C14H21N3O2. The van der Waals surface area contributed by atoms with E-state index in [0.29, 0.717) is 12.4 Å². The van der Waals surface area contributed by atoms with Gasteiger partial charge in [-0.3, -0.25) is 4.79 Å². The van der Waals surface area contributed by atoms with Crippen molar-refractivity contribution in [2.45, 2.75) is 38.9 Å². The number of carbonyl (C=O) groups excluding carboxylic acids is 1. The van der Waals surface area contributed by atoms with Crippen molar-refractivity contribution in [1.29, 1.82) is 0 Å². The fourth-order valence-corrected chi connectivity index (χ4v) is 2.30. The van der Waals surface area contributed by atoms with Gasteiger partial charge in [0.15, 0.2) is 0 Å². The number of aromatic nitrogens is 1. The van der Waals surface area contributed by atoms with Gasteiger partial charge in [0.1, 0.15) is 0 Å². The Labute approximate surface area is 114 Å². The van der Waals surface area contributed by atoms with Crippen LogP contribution in [0.1, 0.15) is 26.0 Å². The third kappa shape index (κ3) is 3.23. The van der Waals surface area contributed by atoms with Crippen molar-refractivity contribution in [3.05, 3.63) is 23.9 Å². The van der Waals surface area contributed by atoms with Crippen molar-refractivity contribution in [3.8, 4) is 5.88 Å². The van der Waals surface area contributed by atoms with E-state index in [4.69, 9.17) is 4.74 Å². The molecule has 0 aromatic carbocycles. The minimum absolute atomic E-state index is 0.0876. The molecule has 1 aliphatic rings. The molecule has 0 spiro atoms. The Balaban J connectivity index is 1.91. The monoisotopic (exact) mass is 263 g/mol. The number of amides is 1. The van der Waals surface area contributed by atoms with E-state index >= 15 is 0 Å². The minimum Gasteiger partial charge on any atom is -0.481 e. The average Bonchev–Trinajstić information content (AvgIpc) is 2.78. The van der Waals surface area contributed by atoms with Crippen LogP contribution >= 0.6 is 0 Å². The summed E-state index contributed by atoms with van der Waals surface area (Å²) in [5, 5.41) is 3.27. The lowest BCUT2D eigenvalue weighted by atomic mass is 10.2. The molecular weight excluding hydrogens is 242 g/mol. The normalized spacial score (nSPS) is 19.3. The highest BCUT2D eigenvalue weighted by molar-refractivity contribution is 5.84. The zero-order valence-corrected chi connectivity index (χ0v) is 11.7. The predicted molar refractivity (Wildman–Crippen MR) is 72.9 cm³/mol. The second-order valence-electron chi connectivity index (χ2n) is 5.02. The molecule has 19 heavy (non-hydrogen) atoms. The Bertz CT molecular complexity index is 448. The molecule has 0 bridgehead atoms. The van der Waals surface area contributed by atoms with Crippen molar-refractivity contribution < 1.29 is 9.53 Å². The lowest BCUT2D eigenvalue weighted by Crippen LogP contribution is -2.40. The van der Waals surface area contributed by atoms with Gasteiger partial charge in [0, 0.05) is 25.2 Å². The van der Waals surface area contributed by atoms with Gasteiger partial charge in [-0.1, -0.05) is 6.07 Å². The van der Waals surface area contributed by atoms with Crippen LogP contribution in [0.4, 0.5) is 0 Å². The van der Waals surface area contributed by atoms with Crippen molar-refractivity contribution in [1.82, 2.24) is 15.2 Å². The molecule has 5 heteroatoms. The first kappa shape index (κ1) is 13.8. The molecule has 0 unspecified atom stereocenters. The van der Waals surface area contributed by atoms with Crippen molar-refractivity contribution in [2.75, 3.05) is 13.7 Å². The van der Waals surface area contributed by atoms with Crippen molar-refractivity contribution >= 4 is 5.91 Å². The second-order valence-corrected chi connectivity index (χ2v) is 5.02. The molecule has 1 aromatic heterocycles. The highest BCUT2D eigenvalue weighted by atomic mass is 16.5. The van der Waals surface area contributed by atoms with Gasteiger partial charge >= 0.3 is 0 Å². The Morgan fingerprint density at radius 2 is 2.32 bits per heavy atom. The quantitative estimate of drug-likeness (QED) is 0.867. The third-order valence-electron chi connectivity index (χ3n) is 3.38. The lowest BCUT2D eigenvalue weighted by molar-refractivity contribution is -0.130.